The molecular formula is C68H42N8O2. The Kier molecular flexibility index (Phi) is 11.2. The van der Waals surface area contributed by atoms with E-state index in [1.165, 1.54) is 4.90 Å². The van der Waals surface area contributed by atoms with Crippen LogP contribution < -0.4 is 4.90 Å². The fourth-order valence-corrected chi connectivity index (χ4v) is 10.7. The Labute approximate surface area is 448 Å². The summed E-state index contributed by atoms with van der Waals surface area (Å²) in [7, 11) is 0. The first-order valence-electron chi connectivity index (χ1n) is 25.6. The maximum absolute atomic E-state index is 15.6. The van der Waals surface area contributed by atoms with Gasteiger partial charge in [0.1, 0.15) is 0 Å². The molecule has 0 saturated carbocycles. The van der Waals surface area contributed by atoms with Crippen LogP contribution in [0.4, 0.5) is 5.69 Å². The minimum absolute atomic E-state index is 0.277. The van der Waals surface area contributed by atoms with Crippen LogP contribution in [0.15, 0.2) is 255 Å². The fourth-order valence-electron chi connectivity index (χ4n) is 10.7. The number of benzene rings is 10. The van der Waals surface area contributed by atoms with Crippen molar-refractivity contribution in [1.29, 1.82) is 0 Å². The molecule has 0 spiro atoms. The number of amides is 2. The van der Waals surface area contributed by atoms with Crippen molar-refractivity contribution in [3.63, 3.8) is 0 Å². The largest absolute Gasteiger partial charge is 0.308 e. The lowest BCUT2D eigenvalue weighted by atomic mass is 9.97. The van der Waals surface area contributed by atoms with Crippen LogP contribution in [0.2, 0.25) is 0 Å². The van der Waals surface area contributed by atoms with Gasteiger partial charge in [-0.3, -0.25) is 9.59 Å². The van der Waals surface area contributed by atoms with Gasteiger partial charge in [-0.1, -0.05) is 218 Å². The Bertz CT molecular complexity index is 4160. The maximum Gasteiger partial charge on any atom is 0.268 e. The van der Waals surface area contributed by atoms with Gasteiger partial charge in [-0.25, -0.2) is 34.8 Å². The van der Waals surface area contributed by atoms with E-state index in [1.807, 2.05) is 231 Å². The Morgan fingerprint density at radius 3 is 1.06 bits per heavy atom. The molecule has 10 nitrogen and oxygen atoms in total. The van der Waals surface area contributed by atoms with Crippen molar-refractivity contribution in [1.82, 2.24) is 34.5 Å². The molecule has 14 rings (SSSR count). The van der Waals surface area contributed by atoms with Crippen molar-refractivity contribution >= 4 is 39.3 Å². The Hall–Kier alpha value is -10.8. The lowest BCUT2D eigenvalue weighted by Gasteiger charge is -2.20. The highest BCUT2D eigenvalue weighted by Gasteiger charge is 2.41. The van der Waals surface area contributed by atoms with Crippen LogP contribution in [0, 0.1) is 0 Å². The summed E-state index contributed by atoms with van der Waals surface area (Å²) in [5, 5.41) is 1.56. The van der Waals surface area contributed by atoms with Crippen LogP contribution >= 0.6 is 0 Å². The molecule has 0 saturated heterocycles. The summed E-state index contributed by atoms with van der Waals surface area (Å²) in [6.45, 7) is 0. The van der Waals surface area contributed by atoms with Gasteiger partial charge in [-0.05, 0) is 53.1 Å². The van der Waals surface area contributed by atoms with Crippen molar-refractivity contribution in [2.75, 3.05) is 4.90 Å². The lowest BCUT2D eigenvalue weighted by Crippen LogP contribution is -2.30. The Morgan fingerprint density at radius 2 is 0.628 bits per heavy atom. The second-order valence-electron chi connectivity index (χ2n) is 18.9. The summed E-state index contributed by atoms with van der Waals surface area (Å²) in [6.07, 6.45) is 0. The lowest BCUT2D eigenvalue weighted by molar-refractivity contribution is 0.0926. The minimum atomic E-state index is -0.438. The summed E-state index contributed by atoms with van der Waals surface area (Å²) in [5.41, 5.74) is 11.4. The van der Waals surface area contributed by atoms with Gasteiger partial charge in [0.05, 0.1) is 33.5 Å². The third-order valence-corrected chi connectivity index (χ3v) is 14.3. The van der Waals surface area contributed by atoms with E-state index in [0.29, 0.717) is 63.0 Å². The van der Waals surface area contributed by atoms with Gasteiger partial charge in [0.15, 0.2) is 34.9 Å². The van der Waals surface area contributed by atoms with E-state index >= 15 is 9.59 Å². The molecule has 0 aliphatic carbocycles. The molecule has 1 aliphatic heterocycles. The normalized spacial score (nSPS) is 12.1. The van der Waals surface area contributed by atoms with Crippen LogP contribution in [0.1, 0.15) is 20.7 Å². The van der Waals surface area contributed by atoms with E-state index in [4.69, 9.17) is 29.9 Å². The first-order valence-corrected chi connectivity index (χ1v) is 25.6. The first kappa shape index (κ1) is 45.7. The quantitative estimate of drug-likeness (QED) is 0.124. The molecule has 1 aliphatic rings. The second-order valence-corrected chi connectivity index (χ2v) is 18.9. The Morgan fingerprint density at radius 1 is 0.256 bits per heavy atom. The van der Waals surface area contributed by atoms with Gasteiger partial charge in [-0.15, -0.1) is 0 Å². The average molecular weight is 1000 g/mol. The predicted octanol–water partition coefficient (Wildman–Crippen LogP) is 15.3. The first-order chi connectivity index (χ1) is 38.5. The molecule has 13 aromatic rings. The molecule has 4 heterocycles. The van der Waals surface area contributed by atoms with Gasteiger partial charge in [0.25, 0.3) is 11.8 Å². The fraction of sp³-hybridized carbons (Fsp3) is 0. The van der Waals surface area contributed by atoms with E-state index in [2.05, 4.69) is 22.8 Å². The highest BCUT2D eigenvalue weighted by Crippen LogP contribution is 2.46. The third-order valence-electron chi connectivity index (χ3n) is 14.3. The average Bonchev–Trinajstić information content (AvgIpc) is 4.23. The van der Waals surface area contributed by atoms with Gasteiger partial charge in [0.2, 0.25) is 0 Å². The molecular weight excluding hydrogens is 961 g/mol. The van der Waals surface area contributed by atoms with E-state index < -0.39 is 11.8 Å². The number of anilines is 1. The molecule has 0 fully saturated rings. The van der Waals surface area contributed by atoms with E-state index in [1.54, 1.807) is 6.07 Å². The monoisotopic (exact) mass is 1000 g/mol. The highest BCUT2D eigenvalue weighted by molar-refractivity contribution is 6.36. The summed E-state index contributed by atoms with van der Waals surface area (Å²) < 4.78 is 2.08. The molecule has 0 radical (unpaired) electrons. The Balaban J connectivity index is 1.03. The number of imide groups is 1. The number of aromatic nitrogens is 7. The number of nitrogens with zero attached hydrogens (tertiary/aromatic N) is 8. The van der Waals surface area contributed by atoms with Crippen molar-refractivity contribution in [2.24, 2.45) is 0 Å². The molecule has 3 aromatic heterocycles. The third kappa shape index (κ3) is 7.91. The zero-order valence-corrected chi connectivity index (χ0v) is 41.6. The maximum atomic E-state index is 15.6. The van der Waals surface area contributed by atoms with Gasteiger partial charge in [-0.2, -0.15) is 0 Å². The van der Waals surface area contributed by atoms with Gasteiger partial charge in [0, 0.05) is 49.7 Å². The van der Waals surface area contributed by atoms with Crippen LogP contribution in [0.25, 0.3) is 118 Å². The molecule has 0 unspecified atom stereocenters. The molecule has 10 heteroatoms. The molecule has 366 valence electrons. The zero-order valence-electron chi connectivity index (χ0n) is 41.6. The molecule has 78 heavy (non-hydrogen) atoms. The number of carbonyl (C=O) groups excluding carboxylic acids is 2. The number of hydrogen-bond acceptors (Lipinski definition) is 8. The topological polar surface area (TPSA) is 120 Å². The zero-order chi connectivity index (χ0) is 52.1. The highest BCUT2D eigenvalue weighted by atomic mass is 16.2. The van der Waals surface area contributed by atoms with Crippen molar-refractivity contribution in [3.05, 3.63) is 266 Å². The van der Waals surface area contributed by atoms with Gasteiger partial charge >= 0.3 is 0 Å². The van der Waals surface area contributed by atoms with Crippen LogP contribution in [-0.2, 0) is 0 Å². The van der Waals surface area contributed by atoms with Crippen LogP contribution in [0.5, 0.6) is 0 Å². The van der Waals surface area contributed by atoms with Crippen molar-refractivity contribution < 1.29 is 9.59 Å². The molecule has 2 amide bonds. The summed E-state index contributed by atoms with van der Waals surface area (Å²) in [5.74, 6) is 2.07. The van der Waals surface area contributed by atoms with Gasteiger partial charge < -0.3 is 4.57 Å². The predicted molar refractivity (Wildman–Crippen MR) is 309 cm³/mol. The van der Waals surface area contributed by atoms with Crippen molar-refractivity contribution in [3.8, 4) is 96.3 Å². The summed E-state index contributed by atoms with van der Waals surface area (Å²) >= 11 is 0. The molecule has 0 atom stereocenters. The summed E-state index contributed by atoms with van der Waals surface area (Å²) in [6, 6.07) is 83.0. The number of fused-ring (bicyclic) bond motifs is 4. The SMILES string of the molecule is O=C1c2cccc(-n3c4cccc(-c5nc(-c6ccccc6)nc(-c6ccccc6)n5)c4c4c(-c5nc(-c6ccccc6)nc(-c6ccccc6)n5)cccc43)c2C(=O)N1c1ccc(-c2ccccc2)cc1-c1ccccc1. The van der Waals surface area contributed by atoms with E-state index in [0.717, 1.165) is 66.3 Å². The molecule has 0 bridgehead atoms. The smallest absolute Gasteiger partial charge is 0.268 e. The number of hydrogen-bond donors (Lipinski definition) is 0. The number of carbonyl (C=O) groups is 2. The molecule has 0 N–H and O–H groups in total. The standard InChI is InChI=1S/C68H42N8O2/c77-67-52-36-21-39-57(60(52)68(78)76(67)54-41-40-49(43-22-7-1-8-23-43)42-53(54)44-24-9-2-10-25-44)75-55-37-19-34-50(65-71-61(45-26-11-3-12-27-45)69-62(72-65)46-28-13-4-14-29-46)58(55)59-51(35-20-38-56(59)75)66-73-63(47-30-15-5-16-31-47)70-64(74-66)48-32-17-6-18-33-48/h1-42H. The number of rotatable bonds is 10. The van der Waals surface area contributed by atoms with Crippen LogP contribution in [0.3, 0.4) is 0 Å². The van der Waals surface area contributed by atoms with Crippen LogP contribution in [-0.4, -0.2) is 46.3 Å². The molecule has 10 aromatic carbocycles. The van der Waals surface area contributed by atoms with Crippen molar-refractivity contribution in [2.45, 2.75) is 0 Å². The second kappa shape index (κ2) is 19.1. The van der Waals surface area contributed by atoms with E-state index in [9.17, 15) is 0 Å². The summed E-state index contributed by atoms with van der Waals surface area (Å²) in [4.78, 5) is 63.2. The van der Waals surface area contributed by atoms with E-state index in [-0.39, 0.29) is 5.56 Å². The minimum Gasteiger partial charge on any atom is -0.308 e.